The quantitative estimate of drug-likeness (QED) is 0.833. The van der Waals surface area contributed by atoms with Crippen molar-refractivity contribution < 1.29 is 17.9 Å². The minimum absolute atomic E-state index is 0.223. The Morgan fingerprint density at radius 1 is 1.19 bits per heavy atom. The van der Waals surface area contributed by atoms with Crippen molar-refractivity contribution in [3.8, 4) is 0 Å². The third-order valence-electron chi connectivity index (χ3n) is 3.62. The van der Waals surface area contributed by atoms with E-state index < -0.39 is 12.8 Å². The molecule has 21 heavy (non-hydrogen) atoms. The van der Waals surface area contributed by atoms with E-state index in [0.717, 1.165) is 29.4 Å². The van der Waals surface area contributed by atoms with Crippen molar-refractivity contribution in [3.63, 3.8) is 0 Å². The van der Waals surface area contributed by atoms with E-state index in [1.807, 2.05) is 24.3 Å². The molecule has 0 radical (unpaired) electrons. The second-order valence-electron chi connectivity index (χ2n) is 5.42. The number of hydrogen-bond donors (Lipinski definition) is 1. The van der Waals surface area contributed by atoms with Gasteiger partial charge in [-0.3, -0.25) is 0 Å². The Hall–Kier alpha value is -0.590. The van der Waals surface area contributed by atoms with E-state index in [1.165, 1.54) is 0 Å². The summed E-state index contributed by atoms with van der Waals surface area (Å²) in [5.74, 6) is 0. The van der Waals surface area contributed by atoms with E-state index in [9.17, 15) is 13.2 Å². The van der Waals surface area contributed by atoms with Crippen LogP contribution in [-0.2, 0) is 11.3 Å². The number of ether oxygens (including phenoxy) is 1. The van der Waals surface area contributed by atoms with Crippen LogP contribution in [0.2, 0.25) is 0 Å². The molecule has 1 saturated carbocycles. The van der Waals surface area contributed by atoms with E-state index in [0.29, 0.717) is 12.8 Å². The molecule has 1 fully saturated rings. The van der Waals surface area contributed by atoms with Crippen molar-refractivity contribution in [2.24, 2.45) is 0 Å². The van der Waals surface area contributed by atoms with E-state index in [4.69, 9.17) is 4.74 Å². The highest BCUT2D eigenvalue weighted by atomic mass is 79.9. The molecule has 1 aromatic rings. The molecule has 2 rings (SSSR count). The van der Waals surface area contributed by atoms with Crippen LogP contribution in [-0.4, -0.2) is 24.9 Å². The summed E-state index contributed by atoms with van der Waals surface area (Å²) in [6.07, 6.45) is -1.28. The largest absolute Gasteiger partial charge is 0.411 e. The fourth-order valence-corrected chi connectivity index (χ4v) is 2.82. The van der Waals surface area contributed by atoms with Crippen molar-refractivity contribution in [2.45, 2.75) is 50.6 Å². The first-order chi connectivity index (χ1) is 9.92. The standard InChI is InChI=1S/C15H19BrF3NO/c16-12-6-4-11(5-7-12)9-20-13-2-1-3-14(8-13)21-10-15(17,18)19/h4-7,13-14,20H,1-3,8-10H2. The fourth-order valence-electron chi connectivity index (χ4n) is 2.56. The Morgan fingerprint density at radius 2 is 1.90 bits per heavy atom. The van der Waals surface area contributed by atoms with Gasteiger partial charge in [-0.2, -0.15) is 13.2 Å². The molecule has 0 aromatic heterocycles. The lowest BCUT2D eigenvalue weighted by molar-refractivity contribution is -0.188. The average molecular weight is 366 g/mol. The third kappa shape index (κ3) is 6.36. The maximum atomic E-state index is 12.2. The second-order valence-corrected chi connectivity index (χ2v) is 6.33. The Labute approximate surface area is 131 Å². The Morgan fingerprint density at radius 3 is 2.57 bits per heavy atom. The number of rotatable bonds is 5. The van der Waals surface area contributed by atoms with Gasteiger partial charge in [-0.25, -0.2) is 0 Å². The summed E-state index contributed by atoms with van der Waals surface area (Å²) in [5, 5.41) is 3.41. The van der Waals surface area contributed by atoms with Crippen molar-refractivity contribution in [2.75, 3.05) is 6.61 Å². The highest BCUT2D eigenvalue weighted by molar-refractivity contribution is 9.10. The molecule has 118 valence electrons. The first-order valence-electron chi connectivity index (χ1n) is 7.08. The first-order valence-corrected chi connectivity index (χ1v) is 7.88. The molecular weight excluding hydrogens is 347 g/mol. The lowest BCUT2D eigenvalue weighted by atomic mass is 9.92. The van der Waals surface area contributed by atoms with E-state index in [-0.39, 0.29) is 12.1 Å². The summed E-state index contributed by atoms with van der Waals surface area (Å²) in [6.45, 7) is -0.416. The molecule has 0 aliphatic heterocycles. The zero-order valence-corrected chi connectivity index (χ0v) is 13.2. The number of hydrogen-bond acceptors (Lipinski definition) is 2. The minimum Gasteiger partial charge on any atom is -0.369 e. The highest BCUT2D eigenvalue weighted by Crippen LogP contribution is 2.24. The van der Waals surface area contributed by atoms with Crippen molar-refractivity contribution in [1.82, 2.24) is 5.32 Å². The number of nitrogens with one attached hydrogen (secondary N) is 1. The number of halogens is 4. The molecule has 1 aromatic carbocycles. The Kier molecular flexibility index (Phi) is 6.08. The molecule has 0 bridgehead atoms. The SMILES string of the molecule is FC(F)(F)COC1CCCC(NCc2ccc(Br)cc2)C1. The van der Waals surface area contributed by atoms with Crippen LogP contribution in [0, 0.1) is 0 Å². The zero-order valence-electron chi connectivity index (χ0n) is 11.6. The lowest BCUT2D eigenvalue weighted by Gasteiger charge is -2.30. The van der Waals surface area contributed by atoms with Crippen LogP contribution in [0.15, 0.2) is 28.7 Å². The molecule has 1 aliphatic rings. The van der Waals surface area contributed by atoms with Gasteiger partial charge in [-0.1, -0.05) is 28.1 Å². The Bertz CT molecular complexity index is 436. The third-order valence-corrected chi connectivity index (χ3v) is 4.15. The van der Waals surface area contributed by atoms with Crippen LogP contribution in [0.25, 0.3) is 0 Å². The van der Waals surface area contributed by atoms with Gasteiger partial charge < -0.3 is 10.1 Å². The molecular formula is C15H19BrF3NO. The van der Waals surface area contributed by atoms with Crippen LogP contribution in [0.1, 0.15) is 31.2 Å². The van der Waals surface area contributed by atoms with Crippen LogP contribution in [0.5, 0.6) is 0 Å². The van der Waals surface area contributed by atoms with Gasteiger partial charge in [-0.15, -0.1) is 0 Å². The molecule has 0 amide bonds. The van der Waals surface area contributed by atoms with Gasteiger partial charge in [-0.05, 0) is 43.4 Å². The first kappa shape index (κ1) is 16.8. The average Bonchev–Trinajstić information content (AvgIpc) is 2.44. The van der Waals surface area contributed by atoms with Gasteiger partial charge in [0.2, 0.25) is 0 Å². The summed E-state index contributed by atoms with van der Waals surface area (Å²) in [6, 6.07) is 8.23. The monoisotopic (exact) mass is 365 g/mol. The minimum atomic E-state index is -4.24. The fraction of sp³-hybridized carbons (Fsp3) is 0.600. The molecule has 2 atom stereocenters. The van der Waals surface area contributed by atoms with Crippen LogP contribution >= 0.6 is 15.9 Å². The normalized spacial score (nSPS) is 23.2. The van der Waals surface area contributed by atoms with Gasteiger partial charge >= 0.3 is 6.18 Å². The maximum Gasteiger partial charge on any atom is 0.411 e. The molecule has 1 aliphatic carbocycles. The second kappa shape index (κ2) is 7.61. The van der Waals surface area contributed by atoms with Gasteiger partial charge in [0, 0.05) is 17.1 Å². The van der Waals surface area contributed by atoms with Gasteiger partial charge in [0.05, 0.1) is 6.10 Å². The van der Waals surface area contributed by atoms with Crippen molar-refractivity contribution in [1.29, 1.82) is 0 Å². The maximum absolute atomic E-state index is 12.2. The van der Waals surface area contributed by atoms with Crippen LogP contribution in [0.3, 0.4) is 0 Å². The summed E-state index contributed by atoms with van der Waals surface area (Å²) >= 11 is 3.39. The lowest BCUT2D eigenvalue weighted by Crippen LogP contribution is -2.37. The smallest absolute Gasteiger partial charge is 0.369 e. The van der Waals surface area contributed by atoms with Gasteiger partial charge in [0.15, 0.2) is 0 Å². The van der Waals surface area contributed by atoms with Crippen molar-refractivity contribution >= 4 is 15.9 Å². The zero-order chi connectivity index (χ0) is 15.3. The van der Waals surface area contributed by atoms with Crippen molar-refractivity contribution in [3.05, 3.63) is 34.3 Å². The predicted octanol–water partition coefficient (Wildman–Crippen LogP) is 4.43. The van der Waals surface area contributed by atoms with E-state index in [2.05, 4.69) is 21.2 Å². The predicted molar refractivity (Wildman–Crippen MR) is 79.0 cm³/mol. The molecule has 1 N–H and O–H groups in total. The number of alkyl halides is 3. The van der Waals surface area contributed by atoms with Crippen LogP contribution < -0.4 is 5.32 Å². The molecule has 2 unspecified atom stereocenters. The molecule has 6 heteroatoms. The van der Waals surface area contributed by atoms with Gasteiger partial charge in [0.25, 0.3) is 0 Å². The summed E-state index contributed by atoms with van der Waals surface area (Å²) in [5.41, 5.74) is 1.16. The van der Waals surface area contributed by atoms with Gasteiger partial charge in [0.1, 0.15) is 6.61 Å². The Balaban J connectivity index is 1.74. The molecule has 0 heterocycles. The topological polar surface area (TPSA) is 21.3 Å². The molecule has 2 nitrogen and oxygen atoms in total. The van der Waals surface area contributed by atoms with E-state index >= 15 is 0 Å². The highest BCUT2D eigenvalue weighted by Gasteiger charge is 2.31. The summed E-state index contributed by atoms with van der Waals surface area (Å²) in [4.78, 5) is 0. The number of benzene rings is 1. The van der Waals surface area contributed by atoms with E-state index in [1.54, 1.807) is 0 Å². The van der Waals surface area contributed by atoms with Crippen LogP contribution in [0.4, 0.5) is 13.2 Å². The molecule has 0 saturated heterocycles. The summed E-state index contributed by atoms with van der Waals surface area (Å²) < 4.78 is 42.5. The summed E-state index contributed by atoms with van der Waals surface area (Å²) in [7, 11) is 0. The molecule has 0 spiro atoms.